The van der Waals surface area contributed by atoms with Crippen molar-refractivity contribution in [3.8, 4) is 16.8 Å². The summed E-state index contributed by atoms with van der Waals surface area (Å²) in [4.78, 5) is 2.29. The summed E-state index contributed by atoms with van der Waals surface area (Å²) in [6, 6.07) is 59.6. The fourth-order valence-electron chi connectivity index (χ4n) is 6.23. The Labute approximate surface area is 267 Å². The summed E-state index contributed by atoms with van der Waals surface area (Å²) in [5.41, 5.74) is 10.7. The van der Waals surface area contributed by atoms with Crippen LogP contribution in [0.15, 0.2) is 176 Å². The SMILES string of the molecule is Fc1ccc(-n2c3ccccc3c3cc(N(c4ccccc4)c4ccc(-c5ccc(Nc6ccccc6)cc5)cc4)ccc32)cc1. The van der Waals surface area contributed by atoms with Crippen molar-refractivity contribution in [3.63, 3.8) is 0 Å². The average molecular weight is 596 g/mol. The molecule has 0 spiro atoms. The van der Waals surface area contributed by atoms with E-state index in [1.807, 2.05) is 42.5 Å². The first-order valence-electron chi connectivity index (χ1n) is 15.4. The maximum absolute atomic E-state index is 13.8. The maximum atomic E-state index is 13.8. The smallest absolute Gasteiger partial charge is 0.123 e. The summed E-state index contributed by atoms with van der Waals surface area (Å²) in [5.74, 6) is -0.242. The van der Waals surface area contributed by atoms with E-state index in [-0.39, 0.29) is 5.82 Å². The molecular weight excluding hydrogens is 565 g/mol. The first-order chi connectivity index (χ1) is 22.7. The van der Waals surface area contributed by atoms with E-state index >= 15 is 0 Å². The van der Waals surface area contributed by atoms with Gasteiger partial charge in [-0.2, -0.15) is 0 Å². The van der Waals surface area contributed by atoms with Gasteiger partial charge >= 0.3 is 0 Å². The molecule has 7 aromatic carbocycles. The Balaban J connectivity index is 1.17. The van der Waals surface area contributed by atoms with Crippen LogP contribution in [0.2, 0.25) is 0 Å². The largest absolute Gasteiger partial charge is 0.356 e. The number of rotatable bonds is 7. The Kier molecular flexibility index (Phi) is 7.01. The summed E-state index contributed by atoms with van der Waals surface area (Å²) in [6.45, 7) is 0. The molecule has 0 atom stereocenters. The molecule has 1 aromatic heterocycles. The van der Waals surface area contributed by atoms with Crippen molar-refractivity contribution in [1.82, 2.24) is 4.57 Å². The van der Waals surface area contributed by atoms with Crippen LogP contribution in [0.4, 0.5) is 32.8 Å². The lowest BCUT2D eigenvalue weighted by atomic mass is 10.0. The molecule has 8 rings (SSSR count). The topological polar surface area (TPSA) is 20.2 Å². The molecule has 0 amide bonds. The molecule has 0 aliphatic rings. The third-order valence-electron chi connectivity index (χ3n) is 8.42. The van der Waals surface area contributed by atoms with Crippen LogP contribution >= 0.6 is 0 Å². The maximum Gasteiger partial charge on any atom is 0.123 e. The molecule has 1 heterocycles. The zero-order valence-corrected chi connectivity index (χ0v) is 25.0. The standard InChI is InChI=1S/C42H30FN3/c43-32-19-25-37(26-20-32)46-41-14-8-7-13-39(41)40-29-38(27-28-42(40)46)45(35-11-5-2-6-12-35)36-23-17-31(18-24-36)30-15-21-34(22-16-30)44-33-9-3-1-4-10-33/h1-29,44H. The van der Waals surface area contributed by atoms with Gasteiger partial charge in [-0.3, -0.25) is 0 Å². The molecule has 220 valence electrons. The number of nitrogens with zero attached hydrogens (tertiary/aromatic N) is 2. The fraction of sp³-hybridized carbons (Fsp3) is 0. The van der Waals surface area contributed by atoms with E-state index in [1.165, 1.54) is 12.1 Å². The van der Waals surface area contributed by atoms with Gasteiger partial charge in [0.25, 0.3) is 0 Å². The van der Waals surface area contributed by atoms with Gasteiger partial charge in [0.2, 0.25) is 0 Å². The third kappa shape index (κ3) is 5.16. The van der Waals surface area contributed by atoms with Gasteiger partial charge in [-0.25, -0.2) is 4.39 Å². The zero-order chi connectivity index (χ0) is 30.9. The summed E-state index contributed by atoms with van der Waals surface area (Å²) in [7, 11) is 0. The molecule has 0 aliphatic heterocycles. The fourth-order valence-corrected chi connectivity index (χ4v) is 6.23. The van der Waals surface area contributed by atoms with Crippen LogP contribution in [0.5, 0.6) is 0 Å². The zero-order valence-electron chi connectivity index (χ0n) is 25.0. The van der Waals surface area contributed by atoms with Crippen molar-refractivity contribution in [2.75, 3.05) is 10.2 Å². The van der Waals surface area contributed by atoms with Crippen molar-refractivity contribution in [3.05, 3.63) is 182 Å². The lowest BCUT2D eigenvalue weighted by Gasteiger charge is -2.26. The van der Waals surface area contributed by atoms with Gasteiger partial charge in [-0.05, 0) is 108 Å². The van der Waals surface area contributed by atoms with Crippen LogP contribution in [-0.4, -0.2) is 4.57 Å². The number of hydrogen-bond donors (Lipinski definition) is 1. The van der Waals surface area contributed by atoms with Crippen molar-refractivity contribution in [2.24, 2.45) is 0 Å². The van der Waals surface area contributed by atoms with Crippen molar-refractivity contribution in [2.45, 2.75) is 0 Å². The minimum atomic E-state index is -0.242. The number of benzene rings is 7. The molecule has 0 unspecified atom stereocenters. The lowest BCUT2D eigenvalue weighted by Crippen LogP contribution is -2.09. The van der Waals surface area contributed by atoms with Gasteiger partial charge in [0, 0.05) is 44.9 Å². The van der Waals surface area contributed by atoms with Crippen LogP contribution in [0.1, 0.15) is 0 Å². The molecule has 0 aliphatic carbocycles. The van der Waals surface area contributed by atoms with Gasteiger partial charge in [0.05, 0.1) is 11.0 Å². The van der Waals surface area contributed by atoms with E-state index in [1.54, 1.807) is 0 Å². The third-order valence-corrected chi connectivity index (χ3v) is 8.42. The number of aromatic nitrogens is 1. The Morgan fingerprint density at radius 1 is 0.435 bits per heavy atom. The quantitative estimate of drug-likeness (QED) is 0.198. The molecule has 0 fully saturated rings. The molecule has 8 aromatic rings. The summed E-state index contributed by atoms with van der Waals surface area (Å²) < 4.78 is 16.0. The van der Waals surface area contributed by atoms with Crippen molar-refractivity contribution in [1.29, 1.82) is 0 Å². The predicted molar refractivity (Wildman–Crippen MR) is 191 cm³/mol. The molecule has 0 radical (unpaired) electrons. The van der Waals surface area contributed by atoms with Crippen LogP contribution in [-0.2, 0) is 0 Å². The van der Waals surface area contributed by atoms with Gasteiger partial charge in [0.15, 0.2) is 0 Å². The number of para-hydroxylation sites is 3. The monoisotopic (exact) mass is 595 g/mol. The van der Waals surface area contributed by atoms with Gasteiger partial charge in [-0.15, -0.1) is 0 Å². The Bertz CT molecular complexity index is 2260. The number of hydrogen-bond acceptors (Lipinski definition) is 2. The van der Waals surface area contributed by atoms with Crippen LogP contribution < -0.4 is 10.2 Å². The van der Waals surface area contributed by atoms with E-state index in [9.17, 15) is 4.39 Å². The molecule has 0 saturated carbocycles. The van der Waals surface area contributed by atoms with Gasteiger partial charge < -0.3 is 14.8 Å². The highest BCUT2D eigenvalue weighted by Crippen LogP contribution is 2.40. The first kappa shape index (κ1) is 27.4. The second-order valence-corrected chi connectivity index (χ2v) is 11.3. The molecule has 0 saturated heterocycles. The molecule has 4 heteroatoms. The highest BCUT2D eigenvalue weighted by molar-refractivity contribution is 6.10. The highest BCUT2D eigenvalue weighted by atomic mass is 19.1. The second kappa shape index (κ2) is 11.8. The summed E-state index contributed by atoms with van der Waals surface area (Å²) >= 11 is 0. The molecule has 0 bridgehead atoms. The average Bonchev–Trinajstić information content (AvgIpc) is 3.44. The molecular formula is C42H30FN3. The van der Waals surface area contributed by atoms with Gasteiger partial charge in [-0.1, -0.05) is 78.9 Å². The lowest BCUT2D eigenvalue weighted by molar-refractivity contribution is 0.627. The normalized spacial score (nSPS) is 11.2. The molecule has 3 nitrogen and oxygen atoms in total. The minimum absolute atomic E-state index is 0.242. The Morgan fingerprint density at radius 3 is 1.70 bits per heavy atom. The minimum Gasteiger partial charge on any atom is -0.356 e. The second-order valence-electron chi connectivity index (χ2n) is 11.3. The molecule has 46 heavy (non-hydrogen) atoms. The van der Waals surface area contributed by atoms with E-state index < -0.39 is 0 Å². The predicted octanol–water partition coefficient (Wildman–Crippen LogP) is 11.8. The number of anilines is 5. The van der Waals surface area contributed by atoms with Crippen LogP contribution in [0.3, 0.4) is 0 Å². The number of fused-ring (bicyclic) bond motifs is 3. The van der Waals surface area contributed by atoms with Crippen molar-refractivity contribution < 1.29 is 4.39 Å². The summed E-state index contributed by atoms with van der Waals surface area (Å²) in [6.07, 6.45) is 0. The van der Waals surface area contributed by atoms with E-state index in [2.05, 4.69) is 136 Å². The van der Waals surface area contributed by atoms with E-state index in [4.69, 9.17) is 0 Å². The van der Waals surface area contributed by atoms with E-state index in [0.717, 1.165) is 67.1 Å². The summed E-state index contributed by atoms with van der Waals surface area (Å²) in [5, 5.41) is 5.74. The van der Waals surface area contributed by atoms with Crippen LogP contribution in [0, 0.1) is 5.82 Å². The molecule has 1 N–H and O–H groups in total. The highest BCUT2D eigenvalue weighted by Gasteiger charge is 2.17. The van der Waals surface area contributed by atoms with Crippen LogP contribution in [0.25, 0.3) is 38.6 Å². The Morgan fingerprint density at radius 2 is 0.978 bits per heavy atom. The van der Waals surface area contributed by atoms with E-state index in [0.29, 0.717) is 0 Å². The number of halogens is 1. The van der Waals surface area contributed by atoms with Gasteiger partial charge in [0.1, 0.15) is 5.82 Å². The van der Waals surface area contributed by atoms with Crippen molar-refractivity contribution >= 4 is 50.2 Å². The number of nitrogens with one attached hydrogen (secondary N) is 1. The Hall–Kier alpha value is -6.13. The first-order valence-corrected chi connectivity index (χ1v) is 15.4.